The Morgan fingerprint density at radius 1 is 0.865 bits per heavy atom. The normalized spacial score (nSPS) is 13.0. The quantitative estimate of drug-likeness (QED) is 0.0632. The molecule has 0 spiro atoms. The summed E-state index contributed by atoms with van der Waals surface area (Å²) in [6.45, 7) is -0.111. The van der Waals surface area contributed by atoms with Gasteiger partial charge in [-0.1, -0.05) is 30.3 Å². The van der Waals surface area contributed by atoms with Gasteiger partial charge in [0, 0.05) is 13.0 Å². The number of aliphatic imine (C=N–C) groups is 1. The van der Waals surface area contributed by atoms with Gasteiger partial charge in [0.2, 0.25) is 27.7 Å². The van der Waals surface area contributed by atoms with Gasteiger partial charge in [0.25, 0.3) is 0 Å². The van der Waals surface area contributed by atoms with Crippen molar-refractivity contribution in [3.63, 3.8) is 0 Å². The molecule has 0 fully saturated rings. The number of carbonyl (C=O) groups is 2. The summed E-state index contributed by atoms with van der Waals surface area (Å²) in [5.41, 5.74) is 16.3. The first-order valence-corrected chi connectivity index (χ1v) is 12.0. The molecule has 0 bridgehead atoms. The number of hydrogen-bond donors (Lipinski definition) is 5. The zero-order valence-electron chi connectivity index (χ0n) is 19.0. The number of nitrogens with two attached hydrogens (primary N) is 3. The highest BCUT2D eigenvalue weighted by Gasteiger charge is 2.36. The number of benzene rings is 2. The zero-order chi connectivity index (χ0) is 27.9. The molecule has 0 saturated carbocycles. The molecule has 202 valence electrons. The Labute approximate surface area is 208 Å². The second-order valence-electron chi connectivity index (χ2n) is 7.67. The monoisotopic (exact) mass is 550 g/mol. The Hall–Kier alpha value is -3.79. The maximum absolute atomic E-state index is 14.2. The molecule has 16 heteroatoms. The van der Waals surface area contributed by atoms with Crippen molar-refractivity contribution in [2.24, 2.45) is 22.2 Å². The number of nitrogens with zero attached hydrogens (tertiary/aromatic N) is 1. The zero-order valence-corrected chi connectivity index (χ0v) is 19.8. The van der Waals surface area contributed by atoms with E-state index in [1.165, 1.54) is 0 Å². The SMILES string of the molecule is NC(=O)[C@H](Cc1ccccc1)NC(=O)[C@H](CCCN=C(N)N)NS(=O)(=O)c1c(F)c(F)c(F)c(F)c1F. The molecule has 2 rings (SSSR count). The number of amides is 2. The topological polar surface area (TPSA) is 183 Å². The number of sulfonamides is 1. The third kappa shape index (κ3) is 7.60. The first kappa shape index (κ1) is 29.4. The third-order valence-electron chi connectivity index (χ3n) is 4.94. The van der Waals surface area contributed by atoms with Crippen molar-refractivity contribution in [1.82, 2.24) is 10.0 Å². The number of rotatable bonds is 12. The van der Waals surface area contributed by atoms with E-state index in [4.69, 9.17) is 17.2 Å². The fourth-order valence-electron chi connectivity index (χ4n) is 3.16. The summed E-state index contributed by atoms with van der Waals surface area (Å²) in [4.78, 5) is 26.3. The van der Waals surface area contributed by atoms with E-state index < -0.39 is 74.3 Å². The molecule has 2 aromatic carbocycles. The summed E-state index contributed by atoms with van der Waals surface area (Å²) in [6, 6.07) is 5.06. The maximum Gasteiger partial charge on any atom is 0.247 e. The van der Waals surface area contributed by atoms with Crippen molar-refractivity contribution in [2.75, 3.05) is 6.54 Å². The molecule has 2 aromatic rings. The molecule has 2 atom stereocenters. The van der Waals surface area contributed by atoms with Crippen LogP contribution in [0.5, 0.6) is 0 Å². The lowest BCUT2D eigenvalue weighted by atomic mass is 10.0. The van der Waals surface area contributed by atoms with Gasteiger partial charge in [0.05, 0.1) is 0 Å². The molecule has 0 aliphatic carbocycles. The van der Waals surface area contributed by atoms with Crippen molar-refractivity contribution >= 4 is 27.8 Å². The average Bonchev–Trinajstić information content (AvgIpc) is 2.83. The van der Waals surface area contributed by atoms with Crippen molar-refractivity contribution in [1.29, 1.82) is 0 Å². The second kappa shape index (κ2) is 12.4. The lowest BCUT2D eigenvalue weighted by Crippen LogP contribution is -2.53. The van der Waals surface area contributed by atoms with Crippen LogP contribution < -0.4 is 27.2 Å². The van der Waals surface area contributed by atoms with Gasteiger partial charge in [-0.25, -0.2) is 30.4 Å². The minimum absolute atomic E-state index is 0.0739. The summed E-state index contributed by atoms with van der Waals surface area (Å²) < 4.78 is 95.8. The van der Waals surface area contributed by atoms with Gasteiger partial charge in [-0.15, -0.1) is 0 Å². The Morgan fingerprint density at radius 3 is 1.92 bits per heavy atom. The predicted octanol–water partition coefficient (Wildman–Crippen LogP) is 0.295. The summed E-state index contributed by atoms with van der Waals surface area (Å²) >= 11 is 0. The standard InChI is InChI=1S/C21H23F5N6O4S/c22-13-14(23)16(25)18(17(26)15(13)24)37(35,36)32-11(7-4-8-30-21(28)29)20(34)31-12(19(27)33)9-10-5-2-1-3-6-10/h1-3,5-6,11-12,32H,4,7-9H2,(H2,27,33)(H,31,34)(H4,28,29,30)/t11-,12-/m0/s1. The van der Waals surface area contributed by atoms with Crippen LogP contribution in [0.1, 0.15) is 18.4 Å². The Morgan fingerprint density at radius 2 is 1.41 bits per heavy atom. The first-order chi connectivity index (χ1) is 17.3. The fourth-order valence-corrected chi connectivity index (χ4v) is 4.53. The number of guanidine groups is 1. The van der Waals surface area contributed by atoms with E-state index in [-0.39, 0.29) is 25.3 Å². The smallest absolute Gasteiger partial charge is 0.247 e. The summed E-state index contributed by atoms with van der Waals surface area (Å²) in [5, 5.41) is 2.23. The molecule has 0 aromatic heterocycles. The van der Waals surface area contributed by atoms with E-state index in [0.29, 0.717) is 5.56 Å². The minimum atomic E-state index is -5.50. The van der Waals surface area contributed by atoms with Crippen LogP contribution in [-0.4, -0.2) is 44.8 Å². The third-order valence-corrected chi connectivity index (χ3v) is 6.43. The van der Waals surface area contributed by atoms with Gasteiger partial charge in [-0.3, -0.25) is 14.6 Å². The molecular weight excluding hydrogens is 527 g/mol. The summed E-state index contributed by atoms with van der Waals surface area (Å²) in [6.07, 6.45) is -0.573. The predicted molar refractivity (Wildman–Crippen MR) is 122 cm³/mol. The number of hydrogen-bond acceptors (Lipinski definition) is 5. The van der Waals surface area contributed by atoms with Gasteiger partial charge in [-0.05, 0) is 18.4 Å². The highest BCUT2D eigenvalue weighted by atomic mass is 32.2. The number of halogens is 5. The second-order valence-corrected chi connectivity index (χ2v) is 9.33. The number of primary amides is 1. The maximum atomic E-state index is 14.2. The lowest BCUT2D eigenvalue weighted by molar-refractivity contribution is -0.128. The van der Waals surface area contributed by atoms with Gasteiger partial charge in [0.1, 0.15) is 12.1 Å². The van der Waals surface area contributed by atoms with Crippen LogP contribution in [0.2, 0.25) is 0 Å². The molecule has 0 unspecified atom stereocenters. The van der Waals surface area contributed by atoms with Gasteiger partial charge in [0.15, 0.2) is 34.1 Å². The van der Waals surface area contributed by atoms with Crippen LogP contribution in [0.15, 0.2) is 40.2 Å². The molecule has 2 amide bonds. The number of carbonyl (C=O) groups excluding carboxylic acids is 2. The van der Waals surface area contributed by atoms with Gasteiger partial charge < -0.3 is 22.5 Å². The van der Waals surface area contributed by atoms with Crippen molar-refractivity contribution < 1.29 is 40.0 Å². The molecule has 0 saturated heterocycles. The molecule has 37 heavy (non-hydrogen) atoms. The van der Waals surface area contributed by atoms with E-state index in [9.17, 15) is 40.0 Å². The fraction of sp³-hybridized carbons (Fsp3) is 0.286. The Kier molecular flexibility index (Phi) is 9.90. The molecule has 0 radical (unpaired) electrons. The number of nitrogens with one attached hydrogen (secondary N) is 2. The van der Waals surface area contributed by atoms with Crippen molar-refractivity contribution in [3.05, 3.63) is 65.0 Å². The van der Waals surface area contributed by atoms with E-state index >= 15 is 0 Å². The van der Waals surface area contributed by atoms with Crippen LogP contribution in [-0.2, 0) is 26.0 Å². The molecule has 0 aliphatic rings. The van der Waals surface area contributed by atoms with Crippen LogP contribution in [0.4, 0.5) is 22.0 Å². The van der Waals surface area contributed by atoms with E-state index in [2.05, 4.69) is 10.3 Å². The van der Waals surface area contributed by atoms with Crippen molar-refractivity contribution in [3.8, 4) is 0 Å². The highest BCUT2D eigenvalue weighted by molar-refractivity contribution is 7.89. The largest absolute Gasteiger partial charge is 0.370 e. The van der Waals surface area contributed by atoms with E-state index in [1.807, 2.05) is 0 Å². The molecule has 0 aliphatic heterocycles. The minimum Gasteiger partial charge on any atom is -0.370 e. The van der Waals surface area contributed by atoms with E-state index in [0.717, 1.165) is 0 Å². The van der Waals surface area contributed by atoms with Crippen LogP contribution >= 0.6 is 0 Å². The summed E-state index contributed by atoms with van der Waals surface area (Å²) in [5.74, 6) is -15.3. The molecule has 8 N–H and O–H groups in total. The van der Waals surface area contributed by atoms with Crippen molar-refractivity contribution in [2.45, 2.75) is 36.2 Å². The average molecular weight is 551 g/mol. The van der Waals surface area contributed by atoms with Crippen LogP contribution in [0.3, 0.4) is 0 Å². The van der Waals surface area contributed by atoms with Crippen LogP contribution in [0.25, 0.3) is 0 Å². The molecule has 10 nitrogen and oxygen atoms in total. The van der Waals surface area contributed by atoms with Gasteiger partial charge >= 0.3 is 0 Å². The Bertz CT molecular complexity index is 1260. The van der Waals surface area contributed by atoms with E-state index in [1.54, 1.807) is 35.1 Å². The molecular formula is C21H23F5N6O4S. The first-order valence-electron chi connectivity index (χ1n) is 10.5. The van der Waals surface area contributed by atoms with Crippen LogP contribution in [0, 0.1) is 29.1 Å². The molecule has 0 heterocycles. The highest BCUT2D eigenvalue weighted by Crippen LogP contribution is 2.27. The Balaban J connectivity index is 2.38. The summed E-state index contributed by atoms with van der Waals surface area (Å²) in [7, 11) is -5.50. The van der Waals surface area contributed by atoms with Gasteiger partial charge in [-0.2, -0.15) is 4.72 Å². The lowest BCUT2D eigenvalue weighted by Gasteiger charge is -2.22.